The minimum absolute atomic E-state index is 0.452. The number of hydrogen-bond donors (Lipinski definition) is 1. The van der Waals surface area contributed by atoms with E-state index in [0.29, 0.717) is 12.5 Å². The summed E-state index contributed by atoms with van der Waals surface area (Å²) in [5.41, 5.74) is 6.35. The summed E-state index contributed by atoms with van der Waals surface area (Å²) in [5, 5.41) is 0. The van der Waals surface area contributed by atoms with Crippen LogP contribution in [-0.4, -0.2) is 19.9 Å². The van der Waals surface area contributed by atoms with Crippen LogP contribution in [0, 0.1) is 0 Å². The second kappa shape index (κ2) is 4.85. The monoisotopic (exact) mass is 142 g/mol. The van der Waals surface area contributed by atoms with Gasteiger partial charge < -0.3 is 10.5 Å². The lowest BCUT2D eigenvalue weighted by Crippen LogP contribution is -2.06. The van der Waals surface area contributed by atoms with E-state index in [4.69, 9.17) is 10.5 Å². The molecule has 3 nitrogen and oxygen atoms in total. The van der Waals surface area contributed by atoms with Crippen LogP contribution < -0.4 is 5.73 Å². The smallest absolute Gasteiger partial charge is 0.188 e. The van der Waals surface area contributed by atoms with Crippen LogP contribution in [0.2, 0.25) is 0 Å². The largest absolute Gasteiger partial charge is 0.479 e. The van der Waals surface area contributed by atoms with Crippen molar-refractivity contribution in [2.24, 2.45) is 10.7 Å². The van der Waals surface area contributed by atoms with E-state index in [2.05, 4.69) is 4.99 Å². The molecular weight excluding hydrogens is 128 g/mol. The van der Waals surface area contributed by atoms with Crippen molar-refractivity contribution >= 4 is 6.21 Å². The summed E-state index contributed by atoms with van der Waals surface area (Å²) in [4.78, 5) is 3.80. The number of aliphatic imine (C=N–C) groups is 1. The van der Waals surface area contributed by atoms with Crippen LogP contribution in [0.15, 0.2) is 16.4 Å². The lowest BCUT2D eigenvalue weighted by atomic mass is 10.3. The highest BCUT2D eigenvalue weighted by Gasteiger charge is 1.92. The average molecular weight is 142 g/mol. The summed E-state index contributed by atoms with van der Waals surface area (Å²) in [6, 6.07) is 0. The van der Waals surface area contributed by atoms with Crippen LogP contribution in [0.5, 0.6) is 0 Å². The van der Waals surface area contributed by atoms with Gasteiger partial charge in [0.25, 0.3) is 0 Å². The molecule has 0 spiro atoms. The highest BCUT2D eigenvalue weighted by Crippen LogP contribution is 1.95. The van der Waals surface area contributed by atoms with Gasteiger partial charge in [-0.3, -0.25) is 4.99 Å². The molecule has 0 saturated carbocycles. The lowest BCUT2D eigenvalue weighted by molar-refractivity contribution is 0.224. The second-order valence-corrected chi connectivity index (χ2v) is 1.87. The van der Waals surface area contributed by atoms with Crippen molar-refractivity contribution < 1.29 is 4.74 Å². The molecule has 0 aromatic heterocycles. The van der Waals surface area contributed by atoms with Gasteiger partial charge in [0.05, 0.1) is 6.61 Å². The van der Waals surface area contributed by atoms with Gasteiger partial charge in [-0.25, -0.2) is 0 Å². The molecule has 0 aliphatic heterocycles. The van der Waals surface area contributed by atoms with Crippen molar-refractivity contribution in [2.45, 2.75) is 13.8 Å². The van der Waals surface area contributed by atoms with E-state index in [-0.39, 0.29) is 0 Å². The third kappa shape index (κ3) is 3.12. The Balaban J connectivity index is 4.04. The Morgan fingerprint density at radius 1 is 1.70 bits per heavy atom. The molecule has 0 heterocycles. The first kappa shape index (κ1) is 9.01. The molecule has 3 heteroatoms. The molecule has 10 heavy (non-hydrogen) atoms. The summed E-state index contributed by atoms with van der Waals surface area (Å²) < 4.78 is 5.02. The van der Waals surface area contributed by atoms with E-state index in [1.54, 1.807) is 13.3 Å². The van der Waals surface area contributed by atoms with Crippen molar-refractivity contribution in [3.05, 3.63) is 11.5 Å². The number of allylic oxidation sites excluding steroid dienone is 1. The fraction of sp³-hybridized carbons (Fsp3) is 0.571. The van der Waals surface area contributed by atoms with Crippen molar-refractivity contribution in [3.8, 4) is 0 Å². The standard InChI is InChI=1S/C7H14N2O/c1-4-10-7(8)6(2)5-9-3/h5H,4,8H2,1-3H3. The molecule has 2 N–H and O–H groups in total. The predicted molar refractivity (Wildman–Crippen MR) is 42.9 cm³/mol. The van der Waals surface area contributed by atoms with E-state index in [1.165, 1.54) is 0 Å². The lowest BCUT2D eigenvalue weighted by Gasteiger charge is -2.02. The summed E-state index contributed by atoms with van der Waals surface area (Å²) in [7, 11) is 1.70. The Morgan fingerprint density at radius 3 is 2.70 bits per heavy atom. The van der Waals surface area contributed by atoms with Crippen LogP contribution >= 0.6 is 0 Å². The van der Waals surface area contributed by atoms with Crippen LogP contribution in [0.3, 0.4) is 0 Å². The first-order valence-corrected chi connectivity index (χ1v) is 3.23. The molecule has 0 amide bonds. The third-order valence-electron chi connectivity index (χ3n) is 1.01. The Hall–Kier alpha value is -0.990. The minimum Gasteiger partial charge on any atom is -0.479 e. The van der Waals surface area contributed by atoms with Gasteiger partial charge in [-0.1, -0.05) is 0 Å². The molecule has 0 rings (SSSR count). The van der Waals surface area contributed by atoms with Crippen LogP contribution in [0.4, 0.5) is 0 Å². The zero-order valence-electron chi connectivity index (χ0n) is 6.72. The summed E-state index contributed by atoms with van der Waals surface area (Å²) >= 11 is 0. The zero-order chi connectivity index (χ0) is 7.98. The Labute approximate surface area is 61.6 Å². The topological polar surface area (TPSA) is 47.6 Å². The Bertz CT molecular complexity index is 150. The van der Waals surface area contributed by atoms with Gasteiger partial charge in [0, 0.05) is 18.8 Å². The van der Waals surface area contributed by atoms with Gasteiger partial charge in [-0.05, 0) is 13.8 Å². The summed E-state index contributed by atoms with van der Waals surface area (Å²) in [6.45, 7) is 4.35. The van der Waals surface area contributed by atoms with E-state index in [9.17, 15) is 0 Å². The van der Waals surface area contributed by atoms with E-state index >= 15 is 0 Å². The minimum atomic E-state index is 0.452. The van der Waals surface area contributed by atoms with Crippen LogP contribution in [0.1, 0.15) is 13.8 Å². The van der Waals surface area contributed by atoms with Gasteiger partial charge in [0.15, 0.2) is 5.88 Å². The zero-order valence-corrected chi connectivity index (χ0v) is 6.72. The summed E-state index contributed by atoms with van der Waals surface area (Å²) in [5.74, 6) is 0.452. The SMILES string of the molecule is CCOC(N)=C(C)C=NC. The van der Waals surface area contributed by atoms with Crippen LogP contribution in [0.25, 0.3) is 0 Å². The highest BCUT2D eigenvalue weighted by molar-refractivity contribution is 5.77. The van der Waals surface area contributed by atoms with Crippen molar-refractivity contribution in [1.29, 1.82) is 0 Å². The van der Waals surface area contributed by atoms with Crippen molar-refractivity contribution in [1.82, 2.24) is 0 Å². The normalized spacial score (nSPS) is 13.5. The molecular formula is C7H14N2O. The number of nitrogens with two attached hydrogens (primary N) is 1. The van der Waals surface area contributed by atoms with Gasteiger partial charge in [0.2, 0.25) is 0 Å². The predicted octanol–water partition coefficient (Wildman–Crippen LogP) is 0.914. The molecule has 0 bridgehead atoms. The highest BCUT2D eigenvalue weighted by atomic mass is 16.5. The molecule has 0 atom stereocenters. The third-order valence-corrected chi connectivity index (χ3v) is 1.01. The molecule has 0 aliphatic carbocycles. The molecule has 0 aromatic carbocycles. The van der Waals surface area contributed by atoms with Crippen molar-refractivity contribution in [3.63, 3.8) is 0 Å². The van der Waals surface area contributed by atoms with Crippen LogP contribution in [-0.2, 0) is 4.74 Å². The maximum absolute atomic E-state index is 5.48. The Kier molecular flexibility index (Phi) is 4.37. The molecule has 0 saturated heterocycles. The molecule has 0 radical (unpaired) electrons. The molecule has 58 valence electrons. The fourth-order valence-corrected chi connectivity index (χ4v) is 0.527. The molecule has 0 unspecified atom stereocenters. The second-order valence-electron chi connectivity index (χ2n) is 1.87. The van der Waals surface area contributed by atoms with E-state index in [1.807, 2.05) is 13.8 Å². The van der Waals surface area contributed by atoms with E-state index < -0.39 is 0 Å². The number of hydrogen-bond acceptors (Lipinski definition) is 3. The first-order chi connectivity index (χ1) is 4.72. The maximum Gasteiger partial charge on any atom is 0.188 e. The van der Waals surface area contributed by atoms with E-state index in [0.717, 1.165) is 5.57 Å². The van der Waals surface area contributed by atoms with Gasteiger partial charge in [-0.2, -0.15) is 0 Å². The van der Waals surface area contributed by atoms with Gasteiger partial charge in [0.1, 0.15) is 0 Å². The molecule has 0 aromatic rings. The maximum atomic E-state index is 5.48. The Morgan fingerprint density at radius 2 is 2.30 bits per heavy atom. The molecule has 0 fully saturated rings. The summed E-state index contributed by atoms with van der Waals surface area (Å²) in [6.07, 6.45) is 1.67. The number of rotatable bonds is 3. The molecule has 0 aliphatic rings. The van der Waals surface area contributed by atoms with Crippen molar-refractivity contribution in [2.75, 3.05) is 13.7 Å². The quantitative estimate of drug-likeness (QED) is 0.470. The van der Waals surface area contributed by atoms with Gasteiger partial charge >= 0.3 is 0 Å². The number of ether oxygens (including phenoxy) is 1. The average Bonchev–Trinajstić information content (AvgIpc) is 1.89. The van der Waals surface area contributed by atoms with Gasteiger partial charge in [-0.15, -0.1) is 0 Å². The number of nitrogens with zero attached hydrogens (tertiary/aromatic N) is 1. The fourth-order valence-electron chi connectivity index (χ4n) is 0.527. The first-order valence-electron chi connectivity index (χ1n) is 3.23.